The Morgan fingerprint density at radius 2 is 1.93 bits per heavy atom. The van der Waals surface area contributed by atoms with Crippen molar-refractivity contribution in [2.75, 3.05) is 0 Å². The van der Waals surface area contributed by atoms with Gasteiger partial charge in [0.2, 0.25) is 0 Å². The zero-order valence-electron chi connectivity index (χ0n) is 8.20. The number of hydrogen-bond acceptors (Lipinski definition) is 1. The summed E-state index contributed by atoms with van der Waals surface area (Å²) in [4.78, 5) is 0. The molecule has 0 atom stereocenters. The fourth-order valence-electron chi connectivity index (χ4n) is 1.43. The van der Waals surface area contributed by atoms with Crippen LogP contribution in [0.25, 0.3) is 11.1 Å². The van der Waals surface area contributed by atoms with E-state index in [1.54, 1.807) is 0 Å². The van der Waals surface area contributed by atoms with Crippen molar-refractivity contribution in [3.8, 4) is 11.1 Å². The number of benzene rings is 2. The molecule has 1 radical (unpaired) electrons. The Bertz CT molecular complexity index is 448. The van der Waals surface area contributed by atoms with Crippen LogP contribution in [0.15, 0.2) is 42.5 Å². The second-order valence-electron chi connectivity index (χ2n) is 3.29. The molecule has 0 spiro atoms. The van der Waals surface area contributed by atoms with Gasteiger partial charge in [0.25, 0.3) is 0 Å². The summed E-state index contributed by atoms with van der Waals surface area (Å²) in [6.45, 7) is 0.541. The lowest BCUT2D eigenvalue weighted by atomic mass is 10.0. The van der Waals surface area contributed by atoms with Gasteiger partial charge >= 0.3 is 0 Å². The summed E-state index contributed by atoms with van der Waals surface area (Å²) in [6.07, 6.45) is 0. The van der Waals surface area contributed by atoms with E-state index in [2.05, 4.69) is 6.07 Å². The van der Waals surface area contributed by atoms with Crippen LogP contribution in [0.1, 0.15) is 5.56 Å². The zero-order chi connectivity index (χ0) is 10.7. The van der Waals surface area contributed by atoms with Crippen LogP contribution >= 0.6 is 11.6 Å². The predicted molar refractivity (Wildman–Crippen MR) is 63.6 cm³/mol. The molecule has 2 rings (SSSR count). The molecule has 75 valence electrons. The Morgan fingerprint density at radius 1 is 1.13 bits per heavy atom. The Balaban J connectivity index is 2.42. The lowest BCUT2D eigenvalue weighted by Crippen LogP contribution is -1.95. The van der Waals surface area contributed by atoms with Gasteiger partial charge in [-0.25, -0.2) is 0 Å². The van der Waals surface area contributed by atoms with Crippen molar-refractivity contribution in [3.63, 3.8) is 0 Å². The van der Waals surface area contributed by atoms with Crippen LogP contribution in [-0.4, -0.2) is 0 Å². The molecule has 0 aromatic heterocycles. The Kier molecular flexibility index (Phi) is 3.05. The highest BCUT2D eigenvalue weighted by atomic mass is 35.5. The molecule has 2 aromatic carbocycles. The summed E-state index contributed by atoms with van der Waals surface area (Å²) < 4.78 is 0. The zero-order valence-corrected chi connectivity index (χ0v) is 8.96. The molecular weight excluding hydrogens is 206 g/mol. The van der Waals surface area contributed by atoms with Gasteiger partial charge in [0, 0.05) is 17.1 Å². The highest BCUT2D eigenvalue weighted by molar-refractivity contribution is 6.33. The first kappa shape index (κ1) is 10.2. The lowest BCUT2D eigenvalue weighted by Gasteiger charge is -2.04. The standard InChI is InChI=1S/C13H11ClN/c14-13-4-2-1-3-12(13)11-7-5-10(9-15)6-8-11/h1-7H,9,15H2. The first-order valence-corrected chi connectivity index (χ1v) is 5.14. The van der Waals surface area contributed by atoms with E-state index in [9.17, 15) is 0 Å². The summed E-state index contributed by atoms with van der Waals surface area (Å²) >= 11 is 6.09. The van der Waals surface area contributed by atoms with Crippen molar-refractivity contribution >= 4 is 11.6 Å². The fourth-order valence-corrected chi connectivity index (χ4v) is 1.67. The van der Waals surface area contributed by atoms with Gasteiger partial charge in [-0.15, -0.1) is 0 Å². The molecular formula is C13H11ClN. The predicted octanol–water partition coefficient (Wildman–Crippen LogP) is 3.27. The van der Waals surface area contributed by atoms with E-state index in [1.807, 2.05) is 42.5 Å². The highest BCUT2D eigenvalue weighted by Gasteiger charge is 2.01. The van der Waals surface area contributed by atoms with Crippen LogP contribution in [0.5, 0.6) is 0 Å². The first-order chi connectivity index (χ1) is 7.31. The van der Waals surface area contributed by atoms with E-state index in [-0.39, 0.29) is 0 Å². The molecule has 0 aliphatic rings. The average molecular weight is 217 g/mol. The average Bonchev–Trinajstić information content (AvgIpc) is 2.30. The van der Waals surface area contributed by atoms with Gasteiger partial charge in [-0.2, -0.15) is 0 Å². The number of nitrogens with two attached hydrogens (primary N) is 1. The van der Waals surface area contributed by atoms with Crippen LogP contribution in [0.4, 0.5) is 0 Å². The van der Waals surface area contributed by atoms with Gasteiger partial charge in [0.1, 0.15) is 0 Å². The topological polar surface area (TPSA) is 26.0 Å². The van der Waals surface area contributed by atoms with E-state index in [4.69, 9.17) is 17.3 Å². The van der Waals surface area contributed by atoms with Crippen LogP contribution < -0.4 is 5.73 Å². The molecule has 0 amide bonds. The Morgan fingerprint density at radius 3 is 2.53 bits per heavy atom. The third kappa shape index (κ3) is 2.20. The third-order valence-corrected chi connectivity index (χ3v) is 2.61. The normalized spacial score (nSPS) is 10.3. The molecule has 0 unspecified atom stereocenters. The van der Waals surface area contributed by atoms with E-state index in [0.717, 1.165) is 21.7 Å². The van der Waals surface area contributed by atoms with Gasteiger partial charge in [-0.3, -0.25) is 0 Å². The summed E-state index contributed by atoms with van der Waals surface area (Å²) in [5.74, 6) is 0. The molecule has 15 heavy (non-hydrogen) atoms. The van der Waals surface area contributed by atoms with E-state index in [1.165, 1.54) is 0 Å². The van der Waals surface area contributed by atoms with Crippen molar-refractivity contribution < 1.29 is 0 Å². The van der Waals surface area contributed by atoms with Gasteiger partial charge in [-0.05, 0) is 29.3 Å². The van der Waals surface area contributed by atoms with E-state index in [0.29, 0.717) is 6.54 Å². The molecule has 2 N–H and O–H groups in total. The van der Waals surface area contributed by atoms with Gasteiger partial charge in [-0.1, -0.05) is 41.9 Å². The second-order valence-corrected chi connectivity index (χ2v) is 3.70. The monoisotopic (exact) mass is 216 g/mol. The number of hydrogen-bond donors (Lipinski definition) is 1. The minimum Gasteiger partial charge on any atom is -0.326 e. The van der Waals surface area contributed by atoms with E-state index < -0.39 is 0 Å². The molecule has 1 nitrogen and oxygen atoms in total. The summed E-state index contributed by atoms with van der Waals surface area (Å²) in [6, 6.07) is 16.8. The molecule has 0 fully saturated rings. The SMILES string of the molecule is NCc1c[c]c(-c2ccccc2Cl)cc1. The van der Waals surface area contributed by atoms with Crippen LogP contribution in [-0.2, 0) is 6.54 Å². The van der Waals surface area contributed by atoms with Gasteiger partial charge in [0.05, 0.1) is 0 Å². The van der Waals surface area contributed by atoms with Gasteiger partial charge < -0.3 is 5.73 Å². The molecule has 0 aliphatic heterocycles. The van der Waals surface area contributed by atoms with Crippen molar-refractivity contribution in [2.45, 2.75) is 6.54 Å². The third-order valence-electron chi connectivity index (χ3n) is 2.28. The van der Waals surface area contributed by atoms with Crippen molar-refractivity contribution in [2.24, 2.45) is 5.73 Å². The molecule has 0 bridgehead atoms. The Labute approximate surface area is 94.5 Å². The minimum absolute atomic E-state index is 0.541. The lowest BCUT2D eigenvalue weighted by molar-refractivity contribution is 1.07. The quantitative estimate of drug-likeness (QED) is 0.820. The largest absolute Gasteiger partial charge is 0.326 e. The van der Waals surface area contributed by atoms with Crippen molar-refractivity contribution in [1.29, 1.82) is 0 Å². The Hall–Kier alpha value is -1.31. The number of halogens is 1. The van der Waals surface area contributed by atoms with Crippen molar-refractivity contribution in [1.82, 2.24) is 0 Å². The maximum Gasteiger partial charge on any atom is 0.0484 e. The maximum atomic E-state index is 6.09. The molecule has 0 heterocycles. The van der Waals surface area contributed by atoms with Crippen LogP contribution in [0.3, 0.4) is 0 Å². The minimum atomic E-state index is 0.541. The molecule has 0 saturated heterocycles. The number of rotatable bonds is 2. The first-order valence-electron chi connectivity index (χ1n) is 4.77. The van der Waals surface area contributed by atoms with E-state index >= 15 is 0 Å². The molecule has 2 aromatic rings. The van der Waals surface area contributed by atoms with Crippen LogP contribution in [0.2, 0.25) is 5.02 Å². The fraction of sp³-hybridized carbons (Fsp3) is 0.0769. The maximum absolute atomic E-state index is 6.09. The molecule has 0 aliphatic carbocycles. The van der Waals surface area contributed by atoms with Crippen molar-refractivity contribution in [3.05, 3.63) is 59.1 Å². The smallest absolute Gasteiger partial charge is 0.0484 e. The molecule has 0 saturated carbocycles. The summed E-state index contributed by atoms with van der Waals surface area (Å²) in [7, 11) is 0. The molecule has 2 heteroatoms. The van der Waals surface area contributed by atoms with Crippen LogP contribution in [0, 0.1) is 6.07 Å². The van der Waals surface area contributed by atoms with Gasteiger partial charge in [0.15, 0.2) is 0 Å². The summed E-state index contributed by atoms with van der Waals surface area (Å²) in [5.41, 5.74) is 8.60. The second kappa shape index (κ2) is 4.47. The summed E-state index contributed by atoms with van der Waals surface area (Å²) in [5, 5.41) is 0.745. The highest BCUT2D eigenvalue weighted by Crippen LogP contribution is 2.26.